The minimum Gasteiger partial charge on any atom is -0.480 e. The molecule has 30 heavy (non-hydrogen) atoms. The van der Waals surface area contributed by atoms with E-state index in [1.807, 2.05) is 43.4 Å². The zero-order valence-electron chi connectivity index (χ0n) is 16.6. The Morgan fingerprint density at radius 1 is 1.30 bits per heavy atom. The van der Waals surface area contributed by atoms with Crippen molar-refractivity contribution in [1.82, 2.24) is 9.78 Å². The summed E-state index contributed by atoms with van der Waals surface area (Å²) in [5.41, 5.74) is 9.72. The van der Waals surface area contributed by atoms with Gasteiger partial charge in [-0.3, -0.25) is 4.79 Å². The van der Waals surface area contributed by atoms with Gasteiger partial charge in [-0.05, 0) is 48.6 Å². The summed E-state index contributed by atoms with van der Waals surface area (Å²) in [6.45, 7) is 0. The molecule has 0 bridgehead atoms. The van der Waals surface area contributed by atoms with Gasteiger partial charge in [0, 0.05) is 24.6 Å². The van der Waals surface area contributed by atoms with Crippen molar-refractivity contribution in [2.24, 2.45) is 12.8 Å². The van der Waals surface area contributed by atoms with Gasteiger partial charge in [0.05, 0.1) is 17.3 Å². The number of ether oxygens (including phenoxy) is 1. The first kappa shape index (κ1) is 19.7. The lowest BCUT2D eigenvalue weighted by molar-refractivity contribution is -0.138. The van der Waals surface area contributed by atoms with Crippen LogP contribution in [0.3, 0.4) is 0 Å². The summed E-state index contributed by atoms with van der Waals surface area (Å²) in [5.74, 6) is 0.679. The minimum absolute atomic E-state index is 0.255. The average molecular weight is 402 g/mol. The standard InChI is InChI=1S/C23H22N4O3/c1-27-22(12-20(26-27)17-7-8-17)30-21-11-15(13-24)4-9-18(21)16-5-2-14(3-6-16)10-19(25)23(28)29/h2-6,9,11-12,17,19H,7-8,10,25H2,1H3,(H,28,29). The molecule has 3 aromatic rings. The second-order valence-electron chi connectivity index (χ2n) is 7.58. The van der Waals surface area contributed by atoms with Crippen LogP contribution in [0.1, 0.15) is 35.6 Å². The Labute approximate surface area is 174 Å². The molecule has 1 heterocycles. The molecule has 7 nitrogen and oxygen atoms in total. The number of hydrogen-bond acceptors (Lipinski definition) is 5. The summed E-state index contributed by atoms with van der Waals surface area (Å²) >= 11 is 0. The van der Waals surface area contributed by atoms with Gasteiger partial charge in [0.1, 0.15) is 11.8 Å². The molecular formula is C23H22N4O3. The zero-order valence-corrected chi connectivity index (χ0v) is 16.6. The van der Waals surface area contributed by atoms with Gasteiger partial charge in [0.25, 0.3) is 0 Å². The Bertz CT molecular complexity index is 1120. The van der Waals surface area contributed by atoms with Gasteiger partial charge >= 0.3 is 5.97 Å². The zero-order chi connectivity index (χ0) is 21.3. The number of carboxylic acids is 1. The maximum Gasteiger partial charge on any atom is 0.320 e. The number of aromatic nitrogens is 2. The number of carbonyl (C=O) groups is 1. The number of aliphatic carboxylic acids is 1. The first-order valence-electron chi connectivity index (χ1n) is 9.78. The van der Waals surface area contributed by atoms with Crippen LogP contribution in [-0.2, 0) is 18.3 Å². The van der Waals surface area contributed by atoms with E-state index < -0.39 is 12.0 Å². The third-order valence-electron chi connectivity index (χ3n) is 5.21. The predicted octanol–water partition coefficient (Wildman–Crippen LogP) is 3.58. The Hall–Kier alpha value is -3.63. The van der Waals surface area contributed by atoms with E-state index in [4.69, 9.17) is 15.6 Å². The number of nitrogens with zero attached hydrogens (tertiary/aromatic N) is 3. The van der Waals surface area contributed by atoms with E-state index in [1.54, 1.807) is 16.8 Å². The van der Waals surface area contributed by atoms with E-state index in [0.717, 1.165) is 35.2 Å². The van der Waals surface area contributed by atoms with Gasteiger partial charge in [-0.1, -0.05) is 24.3 Å². The first-order chi connectivity index (χ1) is 14.4. The molecule has 1 aliphatic rings. The summed E-state index contributed by atoms with van der Waals surface area (Å²) in [6, 6.07) is 16.0. The van der Waals surface area contributed by atoms with Crippen molar-refractivity contribution in [2.45, 2.75) is 31.2 Å². The van der Waals surface area contributed by atoms with Crippen LogP contribution in [-0.4, -0.2) is 26.9 Å². The van der Waals surface area contributed by atoms with Crippen molar-refractivity contribution in [3.63, 3.8) is 0 Å². The van der Waals surface area contributed by atoms with Gasteiger partial charge in [0.2, 0.25) is 5.88 Å². The second-order valence-corrected chi connectivity index (χ2v) is 7.58. The number of hydrogen-bond donors (Lipinski definition) is 2. The van der Waals surface area contributed by atoms with Crippen molar-refractivity contribution in [1.29, 1.82) is 5.26 Å². The molecule has 0 spiro atoms. The largest absolute Gasteiger partial charge is 0.480 e. The molecule has 1 saturated carbocycles. The highest BCUT2D eigenvalue weighted by Gasteiger charge is 2.27. The molecule has 7 heteroatoms. The van der Waals surface area contributed by atoms with Gasteiger partial charge < -0.3 is 15.6 Å². The molecular weight excluding hydrogens is 380 g/mol. The normalized spacial score (nSPS) is 14.2. The summed E-state index contributed by atoms with van der Waals surface area (Å²) in [4.78, 5) is 11.0. The van der Waals surface area contributed by atoms with E-state index in [2.05, 4.69) is 11.2 Å². The quantitative estimate of drug-likeness (QED) is 0.624. The maximum absolute atomic E-state index is 11.0. The number of aryl methyl sites for hydroxylation is 1. The second kappa shape index (κ2) is 8.01. The molecule has 1 aliphatic carbocycles. The van der Waals surface area contributed by atoms with Crippen LogP contribution in [0.2, 0.25) is 0 Å². The topological polar surface area (TPSA) is 114 Å². The lowest BCUT2D eigenvalue weighted by Gasteiger charge is -2.13. The van der Waals surface area contributed by atoms with Gasteiger partial charge in [-0.2, -0.15) is 10.4 Å². The van der Waals surface area contributed by atoms with Crippen LogP contribution in [0.15, 0.2) is 48.5 Å². The maximum atomic E-state index is 11.0. The van der Waals surface area contributed by atoms with Crippen LogP contribution in [0.4, 0.5) is 0 Å². The smallest absolute Gasteiger partial charge is 0.320 e. The molecule has 0 amide bonds. The monoisotopic (exact) mass is 402 g/mol. The van der Waals surface area contributed by atoms with Gasteiger partial charge in [-0.25, -0.2) is 4.68 Å². The number of carboxylic acid groups (broad SMARTS) is 1. The fourth-order valence-corrected chi connectivity index (χ4v) is 3.33. The highest BCUT2D eigenvalue weighted by molar-refractivity contribution is 5.74. The third-order valence-corrected chi connectivity index (χ3v) is 5.21. The fourth-order valence-electron chi connectivity index (χ4n) is 3.33. The van der Waals surface area contributed by atoms with Crippen LogP contribution in [0.5, 0.6) is 11.6 Å². The van der Waals surface area contributed by atoms with Crippen LogP contribution in [0.25, 0.3) is 11.1 Å². The summed E-state index contributed by atoms with van der Waals surface area (Å²) in [5, 5.41) is 22.8. The van der Waals surface area contributed by atoms with E-state index in [9.17, 15) is 10.1 Å². The average Bonchev–Trinajstić information content (AvgIpc) is 3.53. The molecule has 0 radical (unpaired) electrons. The Morgan fingerprint density at radius 2 is 2.03 bits per heavy atom. The van der Waals surface area contributed by atoms with Crippen LogP contribution >= 0.6 is 0 Å². The molecule has 152 valence electrons. The highest BCUT2D eigenvalue weighted by Crippen LogP contribution is 2.41. The Balaban J connectivity index is 1.63. The lowest BCUT2D eigenvalue weighted by atomic mass is 9.99. The number of benzene rings is 2. The summed E-state index contributed by atoms with van der Waals surface area (Å²) in [6.07, 6.45) is 2.57. The summed E-state index contributed by atoms with van der Waals surface area (Å²) in [7, 11) is 1.84. The number of nitrogens with two attached hydrogens (primary N) is 1. The molecule has 3 N–H and O–H groups in total. The Kier molecular flexibility index (Phi) is 5.25. The SMILES string of the molecule is Cn1nc(C2CC2)cc1Oc1cc(C#N)ccc1-c1ccc(CC(N)C(=O)O)cc1. The van der Waals surface area contributed by atoms with Gasteiger partial charge in [0.15, 0.2) is 0 Å². The molecule has 1 unspecified atom stereocenters. The first-order valence-corrected chi connectivity index (χ1v) is 9.78. The van der Waals surface area contributed by atoms with Crippen molar-refractivity contribution in [3.05, 3.63) is 65.4 Å². The van der Waals surface area contributed by atoms with Crippen molar-refractivity contribution < 1.29 is 14.6 Å². The molecule has 1 aromatic heterocycles. The van der Waals surface area contributed by atoms with E-state index >= 15 is 0 Å². The lowest BCUT2D eigenvalue weighted by Crippen LogP contribution is -2.32. The molecule has 1 atom stereocenters. The van der Waals surface area contributed by atoms with Crippen molar-refractivity contribution in [3.8, 4) is 28.8 Å². The van der Waals surface area contributed by atoms with Gasteiger partial charge in [-0.15, -0.1) is 0 Å². The van der Waals surface area contributed by atoms with E-state index in [1.165, 1.54) is 0 Å². The fraction of sp³-hybridized carbons (Fsp3) is 0.261. The predicted molar refractivity (Wildman–Crippen MR) is 111 cm³/mol. The third kappa shape index (κ3) is 4.19. The highest BCUT2D eigenvalue weighted by atomic mass is 16.5. The number of rotatable bonds is 7. The van der Waals surface area contributed by atoms with Crippen molar-refractivity contribution in [2.75, 3.05) is 0 Å². The molecule has 4 rings (SSSR count). The van der Waals surface area contributed by atoms with E-state index in [-0.39, 0.29) is 6.42 Å². The Morgan fingerprint density at radius 3 is 2.67 bits per heavy atom. The van der Waals surface area contributed by atoms with Crippen LogP contribution in [0, 0.1) is 11.3 Å². The van der Waals surface area contributed by atoms with Crippen LogP contribution < -0.4 is 10.5 Å². The number of nitriles is 1. The summed E-state index contributed by atoms with van der Waals surface area (Å²) < 4.78 is 7.89. The van der Waals surface area contributed by atoms with E-state index in [0.29, 0.717) is 23.1 Å². The van der Waals surface area contributed by atoms with Crippen molar-refractivity contribution >= 4 is 5.97 Å². The molecule has 0 aliphatic heterocycles. The minimum atomic E-state index is -1.02. The molecule has 1 fully saturated rings. The molecule has 2 aromatic carbocycles. The molecule has 0 saturated heterocycles.